The Bertz CT molecular complexity index is 675. The number of fused-ring (bicyclic) bond motifs is 1. The third kappa shape index (κ3) is 2.75. The van der Waals surface area contributed by atoms with Crippen LogP contribution in [0.2, 0.25) is 5.02 Å². The van der Waals surface area contributed by atoms with Gasteiger partial charge in [-0.3, -0.25) is 0 Å². The van der Waals surface area contributed by atoms with Crippen LogP contribution in [0.1, 0.15) is 22.4 Å². The molecule has 1 aliphatic rings. The van der Waals surface area contributed by atoms with Gasteiger partial charge in [-0.05, 0) is 34.1 Å². The summed E-state index contributed by atoms with van der Waals surface area (Å²) in [6.07, 6.45) is 0. The van der Waals surface area contributed by atoms with Gasteiger partial charge >= 0.3 is 0 Å². The highest BCUT2D eigenvalue weighted by Crippen LogP contribution is 2.48. The van der Waals surface area contributed by atoms with Gasteiger partial charge in [-0.15, -0.1) is 11.6 Å². The second-order valence-corrected chi connectivity index (χ2v) is 6.63. The van der Waals surface area contributed by atoms with Gasteiger partial charge in [0, 0.05) is 22.1 Å². The van der Waals surface area contributed by atoms with E-state index in [9.17, 15) is 0 Å². The first-order chi connectivity index (χ1) is 10.1. The Balaban J connectivity index is 2.02. The van der Waals surface area contributed by atoms with E-state index in [2.05, 4.69) is 22.0 Å². The molecule has 3 rings (SSSR count). The highest BCUT2D eigenvalue weighted by molar-refractivity contribution is 9.10. The molecular weight excluding hydrogens is 375 g/mol. The van der Waals surface area contributed by atoms with Crippen LogP contribution >= 0.6 is 39.1 Å². The Labute approximate surface area is 142 Å². The molecule has 0 saturated heterocycles. The van der Waals surface area contributed by atoms with Gasteiger partial charge in [0.1, 0.15) is 11.5 Å². The van der Waals surface area contributed by atoms with Crippen LogP contribution < -0.4 is 9.47 Å². The number of hydrogen-bond donors (Lipinski definition) is 0. The van der Waals surface area contributed by atoms with Crippen molar-refractivity contribution in [2.75, 3.05) is 13.7 Å². The van der Waals surface area contributed by atoms with Crippen LogP contribution in [0.5, 0.6) is 11.5 Å². The van der Waals surface area contributed by atoms with Crippen LogP contribution in [-0.4, -0.2) is 13.7 Å². The van der Waals surface area contributed by atoms with E-state index in [1.807, 2.05) is 24.3 Å². The van der Waals surface area contributed by atoms with Crippen LogP contribution in [0.3, 0.4) is 0 Å². The number of methoxy groups -OCH3 is 1. The summed E-state index contributed by atoms with van der Waals surface area (Å²) in [6, 6.07) is 11.6. The van der Waals surface area contributed by atoms with Crippen molar-refractivity contribution >= 4 is 39.1 Å². The lowest BCUT2D eigenvalue weighted by molar-refractivity contribution is 0.326. The van der Waals surface area contributed by atoms with Crippen LogP contribution in [0.4, 0.5) is 0 Å². The van der Waals surface area contributed by atoms with Gasteiger partial charge in [-0.25, -0.2) is 0 Å². The first kappa shape index (κ1) is 15.0. The van der Waals surface area contributed by atoms with Crippen LogP contribution in [0.15, 0.2) is 40.9 Å². The molecule has 0 saturated carbocycles. The van der Waals surface area contributed by atoms with Crippen molar-refractivity contribution in [2.45, 2.75) is 11.3 Å². The van der Waals surface area contributed by atoms with E-state index in [-0.39, 0.29) is 11.3 Å². The van der Waals surface area contributed by atoms with Crippen LogP contribution in [-0.2, 0) is 0 Å². The lowest BCUT2D eigenvalue weighted by Gasteiger charge is -2.20. The Morgan fingerprint density at radius 2 is 2.10 bits per heavy atom. The van der Waals surface area contributed by atoms with Gasteiger partial charge in [0.15, 0.2) is 0 Å². The molecule has 2 nitrogen and oxygen atoms in total. The minimum atomic E-state index is -0.279. The van der Waals surface area contributed by atoms with Crippen molar-refractivity contribution in [3.8, 4) is 11.5 Å². The van der Waals surface area contributed by atoms with Gasteiger partial charge in [-0.2, -0.15) is 0 Å². The molecule has 1 heterocycles. The van der Waals surface area contributed by atoms with E-state index in [1.54, 1.807) is 13.2 Å². The molecule has 0 aliphatic carbocycles. The summed E-state index contributed by atoms with van der Waals surface area (Å²) in [5.74, 6) is 1.68. The molecule has 2 unspecified atom stereocenters. The summed E-state index contributed by atoms with van der Waals surface area (Å²) in [4.78, 5) is 0. The summed E-state index contributed by atoms with van der Waals surface area (Å²) < 4.78 is 12.0. The summed E-state index contributed by atoms with van der Waals surface area (Å²) in [6.45, 7) is 0.556. The quantitative estimate of drug-likeness (QED) is 0.641. The summed E-state index contributed by atoms with van der Waals surface area (Å²) in [5.41, 5.74) is 1.99. The number of alkyl halides is 1. The van der Waals surface area contributed by atoms with Crippen LogP contribution in [0.25, 0.3) is 0 Å². The van der Waals surface area contributed by atoms with Crippen molar-refractivity contribution in [2.24, 2.45) is 0 Å². The Kier molecular flexibility index (Phi) is 4.34. The fourth-order valence-electron chi connectivity index (χ4n) is 2.65. The maximum absolute atomic E-state index is 6.73. The summed E-state index contributed by atoms with van der Waals surface area (Å²) >= 11 is 16.4. The molecule has 110 valence electrons. The molecule has 0 fully saturated rings. The molecule has 1 aliphatic heterocycles. The van der Waals surface area contributed by atoms with Crippen molar-refractivity contribution in [3.05, 3.63) is 57.0 Å². The number of halogens is 3. The molecule has 0 spiro atoms. The molecule has 5 heteroatoms. The molecule has 0 N–H and O–H groups in total. The lowest BCUT2D eigenvalue weighted by atomic mass is 9.93. The van der Waals surface area contributed by atoms with E-state index >= 15 is 0 Å². The van der Waals surface area contributed by atoms with Gasteiger partial charge in [-0.1, -0.05) is 29.8 Å². The standard InChI is InChI=1S/C16H13BrCl2O2/c1-20-16-11(6-9(18)7-13(16)17)15(19)12-8-21-14-5-3-2-4-10(12)14/h2-7,12,15H,8H2,1H3. The summed E-state index contributed by atoms with van der Waals surface area (Å²) in [5, 5.41) is 0.342. The van der Waals surface area contributed by atoms with Gasteiger partial charge < -0.3 is 9.47 Å². The monoisotopic (exact) mass is 386 g/mol. The Morgan fingerprint density at radius 3 is 2.86 bits per heavy atom. The maximum atomic E-state index is 6.73. The van der Waals surface area contributed by atoms with Gasteiger partial charge in [0.05, 0.1) is 23.6 Å². The molecule has 0 radical (unpaired) electrons. The van der Waals surface area contributed by atoms with Crippen molar-refractivity contribution < 1.29 is 9.47 Å². The van der Waals surface area contributed by atoms with Crippen molar-refractivity contribution in [3.63, 3.8) is 0 Å². The van der Waals surface area contributed by atoms with Gasteiger partial charge in [0.25, 0.3) is 0 Å². The fourth-order valence-corrected chi connectivity index (χ4v) is 4.01. The highest BCUT2D eigenvalue weighted by atomic mass is 79.9. The van der Waals surface area contributed by atoms with E-state index in [0.717, 1.165) is 21.3 Å². The molecule has 2 atom stereocenters. The SMILES string of the molecule is COc1c(Br)cc(Cl)cc1C(Cl)C1COc2ccccc21. The topological polar surface area (TPSA) is 18.5 Å². The molecule has 0 bridgehead atoms. The Morgan fingerprint density at radius 1 is 1.33 bits per heavy atom. The average molecular weight is 388 g/mol. The number of benzene rings is 2. The van der Waals surface area contributed by atoms with E-state index in [4.69, 9.17) is 32.7 Å². The zero-order chi connectivity index (χ0) is 15.0. The number of hydrogen-bond acceptors (Lipinski definition) is 2. The van der Waals surface area contributed by atoms with E-state index < -0.39 is 0 Å². The maximum Gasteiger partial charge on any atom is 0.137 e. The Hall–Kier alpha value is -0.900. The predicted octanol–water partition coefficient (Wildman–Crippen LogP) is 5.57. The summed E-state index contributed by atoms with van der Waals surface area (Å²) in [7, 11) is 1.63. The number of ether oxygens (including phenoxy) is 2. The van der Waals surface area contributed by atoms with E-state index in [1.165, 1.54) is 0 Å². The molecular formula is C16H13BrCl2O2. The van der Waals surface area contributed by atoms with Crippen LogP contribution in [0, 0.1) is 0 Å². The smallest absolute Gasteiger partial charge is 0.137 e. The third-order valence-corrected chi connectivity index (χ3v) is 4.97. The molecule has 2 aromatic rings. The molecule has 2 aromatic carbocycles. The number of rotatable bonds is 3. The minimum absolute atomic E-state index is 0.0714. The van der Waals surface area contributed by atoms with Gasteiger partial charge in [0.2, 0.25) is 0 Å². The second kappa shape index (κ2) is 6.07. The molecule has 0 amide bonds. The molecule has 21 heavy (non-hydrogen) atoms. The first-order valence-corrected chi connectivity index (χ1v) is 8.11. The number of para-hydroxylation sites is 1. The zero-order valence-electron chi connectivity index (χ0n) is 11.3. The third-order valence-electron chi connectivity index (χ3n) is 3.63. The zero-order valence-corrected chi connectivity index (χ0v) is 14.4. The second-order valence-electron chi connectivity index (χ2n) is 4.87. The van der Waals surface area contributed by atoms with Crippen molar-refractivity contribution in [1.29, 1.82) is 0 Å². The van der Waals surface area contributed by atoms with E-state index in [0.29, 0.717) is 17.4 Å². The normalized spacial score (nSPS) is 18.0. The lowest BCUT2D eigenvalue weighted by Crippen LogP contribution is -2.09. The molecule has 0 aromatic heterocycles. The van der Waals surface area contributed by atoms with Crippen molar-refractivity contribution in [1.82, 2.24) is 0 Å². The first-order valence-electron chi connectivity index (χ1n) is 6.50. The predicted molar refractivity (Wildman–Crippen MR) is 89.0 cm³/mol. The largest absolute Gasteiger partial charge is 0.495 e. The average Bonchev–Trinajstić information content (AvgIpc) is 2.89. The fraction of sp³-hybridized carbons (Fsp3) is 0.250. The minimum Gasteiger partial charge on any atom is -0.495 e. The highest BCUT2D eigenvalue weighted by Gasteiger charge is 2.33.